The van der Waals surface area contributed by atoms with Crippen LogP contribution in [0.1, 0.15) is 15.4 Å². The number of aromatic nitrogens is 5. The van der Waals surface area contributed by atoms with Crippen molar-refractivity contribution in [1.82, 2.24) is 24.5 Å². The highest BCUT2D eigenvalue weighted by molar-refractivity contribution is 7.16. The second kappa shape index (κ2) is 5.30. The Bertz CT molecular complexity index is 806. The Balaban J connectivity index is 2.09. The molecule has 1 N–H and O–H groups in total. The molecule has 0 saturated carbocycles. The molecule has 0 aliphatic carbocycles. The highest BCUT2D eigenvalue weighted by Gasteiger charge is 2.23. The van der Waals surface area contributed by atoms with Gasteiger partial charge >= 0.3 is 5.97 Å². The van der Waals surface area contributed by atoms with E-state index in [9.17, 15) is 9.90 Å². The van der Waals surface area contributed by atoms with E-state index in [1.54, 1.807) is 30.1 Å². The minimum Gasteiger partial charge on any atom is -0.476 e. The largest absolute Gasteiger partial charge is 0.476 e. The van der Waals surface area contributed by atoms with Gasteiger partial charge in [0.1, 0.15) is 5.69 Å². The van der Waals surface area contributed by atoms with E-state index in [1.165, 1.54) is 16.0 Å². The van der Waals surface area contributed by atoms with Gasteiger partial charge in [0.25, 0.3) is 0 Å². The number of hydrogen-bond acceptors (Lipinski definition) is 5. The fraction of sp³-hybridized carbons (Fsp3) is 0.167. The molecule has 7 nitrogen and oxygen atoms in total. The SMILES string of the molecule is Cn1ccnc1-c1c(C(=O)O)nnn1Cc1ccc(Cl)s1. The summed E-state index contributed by atoms with van der Waals surface area (Å²) in [5.74, 6) is -0.636. The molecular weight excluding hydrogens is 314 g/mol. The van der Waals surface area contributed by atoms with Gasteiger partial charge in [-0.2, -0.15) is 0 Å². The molecule has 3 heterocycles. The average molecular weight is 324 g/mol. The van der Waals surface area contributed by atoms with Crippen molar-refractivity contribution in [3.05, 3.63) is 39.4 Å². The molecule has 0 aliphatic heterocycles. The Morgan fingerprint density at radius 3 is 2.86 bits per heavy atom. The van der Waals surface area contributed by atoms with Gasteiger partial charge in [0.2, 0.25) is 5.69 Å². The minimum absolute atomic E-state index is 0.119. The third-order valence-electron chi connectivity index (χ3n) is 2.91. The summed E-state index contributed by atoms with van der Waals surface area (Å²) in [6.45, 7) is 0.389. The van der Waals surface area contributed by atoms with Crippen LogP contribution in [0.15, 0.2) is 24.5 Å². The third kappa shape index (κ3) is 2.55. The highest BCUT2D eigenvalue weighted by Crippen LogP contribution is 2.25. The van der Waals surface area contributed by atoms with E-state index in [-0.39, 0.29) is 5.69 Å². The van der Waals surface area contributed by atoms with Crippen molar-refractivity contribution in [3.63, 3.8) is 0 Å². The van der Waals surface area contributed by atoms with Gasteiger partial charge in [-0.3, -0.25) is 0 Å². The van der Waals surface area contributed by atoms with Gasteiger partial charge in [0, 0.05) is 24.3 Å². The number of thiophene rings is 1. The Hall–Kier alpha value is -2.19. The third-order valence-corrected chi connectivity index (χ3v) is 4.12. The number of aromatic carboxylic acids is 1. The van der Waals surface area contributed by atoms with Crippen LogP contribution in [0.5, 0.6) is 0 Å². The van der Waals surface area contributed by atoms with E-state index in [0.717, 1.165) is 4.88 Å². The zero-order chi connectivity index (χ0) is 15.0. The first-order valence-corrected chi connectivity index (χ1v) is 7.14. The predicted molar refractivity (Wildman–Crippen MR) is 77.6 cm³/mol. The maximum absolute atomic E-state index is 11.3. The van der Waals surface area contributed by atoms with E-state index in [1.807, 2.05) is 6.07 Å². The highest BCUT2D eigenvalue weighted by atomic mass is 35.5. The van der Waals surface area contributed by atoms with E-state index in [0.29, 0.717) is 22.4 Å². The van der Waals surface area contributed by atoms with Crippen molar-refractivity contribution in [2.24, 2.45) is 7.05 Å². The molecule has 0 amide bonds. The molecule has 9 heteroatoms. The fourth-order valence-corrected chi connectivity index (χ4v) is 3.04. The summed E-state index contributed by atoms with van der Waals surface area (Å²) in [4.78, 5) is 16.5. The van der Waals surface area contributed by atoms with Crippen LogP contribution in [0.25, 0.3) is 11.5 Å². The van der Waals surface area contributed by atoms with Crippen molar-refractivity contribution < 1.29 is 9.90 Å². The van der Waals surface area contributed by atoms with E-state index in [4.69, 9.17) is 11.6 Å². The van der Waals surface area contributed by atoms with Crippen molar-refractivity contribution in [2.45, 2.75) is 6.54 Å². The normalized spacial score (nSPS) is 11.0. The van der Waals surface area contributed by atoms with Crippen LogP contribution in [-0.2, 0) is 13.6 Å². The maximum Gasteiger partial charge on any atom is 0.358 e. The second-order valence-electron chi connectivity index (χ2n) is 4.32. The average Bonchev–Trinajstić information content (AvgIpc) is 3.11. The molecule has 3 aromatic rings. The maximum atomic E-state index is 11.3. The first-order valence-electron chi connectivity index (χ1n) is 5.95. The second-order valence-corrected chi connectivity index (χ2v) is 6.12. The zero-order valence-corrected chi connectivity index (χ0v) is 12.5. The van der Waals surface area contributed by atoms with Crippen LogP contribution in [0.2, 0.25) is 4.34 Å². The van der Waals surface area contributed by atoms with E-state index >= 15 is 0 Å². The molecule has 3 rings (SSSR count). The Morgan fingerprint density at radius 1 is 1.48 bits per heavy atom. The number of imidazole rings is 1. The van der Waals surface area contributed by atoms with Gasteiger partial charge in [0.15, 0.2) is 5.82 Å². The lowest BCUT2D eigenvalue weighted by atomic mass is 10.3. The smallest absolute Gasteiger partial charge is 0.358 e. The molecule has 0 bridgehead atoms. The van der Waals surface area contributed by atoms with Crippen LogP contribution in [0.4, 0.5) is 0 Å². The van der Waals surface area contributed by atoms with Gasteiger partial charge < -0.3 is 9.67 Å². The summed E-state index contributed by atoms with van der Waals surface area (Å²) in [6.07, 6.45) is 3.33. The number of carbonyl (C=O) groups is 1. The van der Waals surface area contributed by atoms with Crippen molar-refractivity contribution in [1.29, 1.82) is 0 Å². The molecular formula is C12H10ClN5O2S. The minimum atomic E-state index is -1.14. The van der Waals surface area contributed by atoms with Crippen molar-refractivity contribution in [3.8, 4) is 11.5 Å². The van der Waals surface area contributed by atoms with Crippen LogP contribution < -0.4 is 0 Å². The number of nitrogens with zero attached hydrogens (tertiary/aromatic N) is 5. The quantitative estimate of drug-likeness (QED) is 0.795. The van der Waals surface area contributed by atoms with Crippen molar-refractivity contribution >= 4 is 28.9 Å². The van der Waals surface area contributed by atoms with Gasteiger partial charge in [-0.05, 0) is 12.1 Å². The van der Waals surface area contributed by atoms with Crippen LogP contribution in [0.3, 0.4) is 0 Å². The number of aryl methyl sites for hydroxylation is 1. The molecule has 0 aliphatic rings. The zero-order valence-electron chi connectivity index (χ0n) is 10.9. The lowest BCUT2D eigenvalue weighted by molar-refractivity contribution is 0.0691. The standard InChI is InChI=1S/C12H10ClN5O2S/c1-17-5-4-14-11(17)10-9(12(19)20)15-16-18(10)6-7-2-3-8(13)21-7/h2-5H,6H2,1H3,(H,19,20). The number of halogens is 1. The van der Waals surface area contributed by atoms with Crippen molar-refractivity contribution in [2.75, 3.05) is 0 Å². The first-order chi connectivity index (χ1) is 10.1. The van der Waals surface area contributed by atoms with E-state index < -0.39 is 5.97 Å². The molecule has 0 fully saturated rings. The number of rotatable bonds is 4. The summed E-state index contributed by atoms with van der Waals surface area (Å²) in [7, 11) is 1.79. The topological polar surface area (TPSA) is 85.8 Å². The molecule has 0 unspecified atom stereocenters. The summed E-state index contributed by atoms with van der Waals surface area (Å²) in [6, 6.07) is 3.66. The lowest BCUT2D eigenvalue weighted by Gasteiger charge is -2.06. The molecule has 0 atom stereocenters. The molecule has 0 spiro atoms. The molecule has 0 saturated heterocycles. The molecule has 3 aromatic heterocycles. The van der Waals surface area contributed by atoms with Gasteiger partial charge in [0.05, 0.1) is 10.9 Å². The molecule has 0 radical (unpaired) electrons. The summed E-state index contributed by atoms with van der Waals surface area (Å²) < 4.78 is 3.92. The summed E-state index contributed by atoms with van der Waals surface area (Å²) in [5, 5.41) is 17.0. The van der Waals surface area contributed by atoms with Gasteiger partial charge in [-0.15, -0.1) is 16.4 Å². The lowest BCUT2D eigenvalue weighted by Crippen LogP contribution is -2.08. The predicted octanol–water partition coefficient (Wildman–Crippen LogP) is 2.14. The number of hydrogen-bond donors (Lipinski definition) is 1. The Labute approximate surface area is 128 Å². The van der Waals surface area contributed by atoms with Gasteiger partial charge in [-0.1, -0.05) is 16.8 Å². The summed E-state index contributed by atoms with van der Waals surface area (Å²) >= 11 is 7.32. The molecule has 21 heavy (non-hydrogen) atoms. The number of carboxylic acids is 1. The Kier molecular flexibility index (Phi) is 3.48. The Morgan fingerprint density at radius 2 is 2.29 bits per heavy atom. The first kappa shape index (κ1) is 13.8. The number of carboxylic acid groups (broad SMARTS) is 1. The van der Waals surface area contributed by atoms with E-state index in [2.05, 4.69) is 15.3 Å². The van der Waals surface area contributed by atoms with Gasteiger partial charge in [-0.25, -0.2) is 14.5 Å². The molecule has 0 aromatic carbocycles. The fourth-order valence-electron chi connectivity index (χ4n) is 1.97. The summed E-state index contributed by atoms with van der Waals surface area (Å²) in [5.41, 5.74) is 0.256. The van der Waals surface area contributed by atoms with Crippen LogP contribution >= 0.6 is 22.9 Å². The van der Waals surface area contributed by atoms with Crippen LogP contribution in [0, 0.1) is 0 Å². The molecule has 108 valence electrons. The van der Waals surface area contributed by atoms with Crippen LogP contribution in [-0.4, -0.2) is 35.6 Å². The monoisotopic (exact) mass is 323 g/mol.